The number of anilines is 1. The summed E-state index contributed by atoms with van der Waals surface area (Å²) in [5, 5.41) is 18.7. The third-order valence-electron chi connectivity index (χ3n) is 5.89. The number of carbonyl (C=O) groups excluding carboxylic acids is 1. The molecule has 0 spiro atoms. The predicted octanol–water partition coefficient (Wildman–Crippen LogP) is 4.89. The zero-order valence-electron chi connectivity index (χ0n) is 20.4. The van der Waals surface area contributed by atoms with E-state index >= 15 is 0 Å². The first-order chi connectivity index (χ1) is 16.5. The van der Waals surface area contributed by atoms with E-state index in [4.69, 9.17) is 12.3 Å². The van der Waals surface area contributed by atoms with E-state index in [1.54, 1.807) is 7.11 Å². The van der Waals surface area contributed by atoms with Gasteiger partial charge >= 0.3 is 6.03 Å². The number of non-ortho nitro benzene ring substituents is 1. The number of nitrogens with zero attached hydrogens (tertiary/aromatic N) is 1. The van der Waals surface area contributed by atoms with Crippen LogP contribution in [0.3, 0.4) is 0 Å². The number of hydrogen-bond donors (Lipinski definition) is 2. The maximum atomic E-state index is 13.0. The van der Waals surface area contributed by atoms with Crippen molar-refractivity contribution in [1.29, 1.82) is 0 Å². The highest BCUT2D eigenvalue weighted by Crippen LogP contribution is 2.55. The minimum absolute atomic E-state index is 0.0408. The molecule has 0 aliphatic heterocycles. The largest absolute Gasteiger partial charge is 0.493 e. The fourth-order valence-corrected chi connectivity index (χ4v) is 7.33. The molecule has 3 aromatic carbocycles. The third-order valence-corrected chi connectivity index (χ3v) is 9.28. The average molecular weight is 490 g/mol. The molecule has 0 saturated heterocycles. The van der Waals surface area contributed by atoms with Gasteiger partial charge in [-0.1, -0.05) is 51.1 Å². The van der Waals surface area contributed by atoms with E-state index < -0.39 is 18.1 Å². The number of para-hydroxylation sites is 1. The molecule has 9 heteroatoms. The molecule has 0 aliphatic carbocycles. The third kappa shape index (κ3) is 6.40. The first-order valence-corrected chi connectivity index (χ1v) is 13.3. The van der Waals surface area contributed by atoms with Crippen molar-refractivity contribution >= 4 is 42.7 Å². The van der Waals surface area contributed by atoms with Crippen LogP contribution in [0.2, 0.25) is 0 Å². The van der Waals surface area contributed by atoms with Gasteiger partial charge in [0.15, 0.2) is 5.75 Å². The molecule has 0 saturated carbocycles. The van der Waals surface area contributed by atoms with Gasteiger partial charge in [0.05, 0.1) is 23.4 Å². The number of urea groups is 1. The molecule has 3 rings (SSSR count). The Morgan fingerprint density at radius 1 is 1.03 bits per heavy atom. The molecule has 3 radical (unpaired) electrons. The number of nitrogens with one attached hydrogen (secondary N) is 2. The maximum Gasteiger partial charge on any atom is 0.319 e. The summed E-state index contributed by atoms with van der Waals surface area (Å²) in [5.41, 5.74) is 0.108. The van der Waals surface area contributed by atoms with E-state index in [1.165, 1.54) is 24.3 Å². The van der Waals surface area contributed by atoms with Gasteiger partial charge in [0.2, 0.25) is 0 Å². The lowest BCUT2D eigenvalue weighted by Gasteiger charge is -2.43. The number of ether oxygens (including phenoxy) is 1. The van der Waals surface area contributed by atoms with E-state index in [0.717, 1.165) is 16.4 Å². The van der Waals surface area contributed by atoms with E-state index in [2.05, 4.69) is 31.4 Å². The molecule has 181 valence electrons. The standard InChI is InChI=1S/C26H29BN3O4P/c1-26(2,3)24(29-25(31)28-19-14-16-20(17-15-19)30(32)33)18-35(27,21-10-6-5-7-11-21)23-13-9-8-12-22(23)34-4/h5-17,24H,18H2,1-4H3,(H-,28,29,31)/q-1/p+1/t24-,35?/m1/s1. The Kier molecular flexibility index (Phi) is 8.18. The molecule has 0 aromatic heterocycles. The predicted molar refractivity (Wildman–Crippen MR) is 145 cm³/mol. The monoisotopic (exact) mass is 490 g/mol. The Hall–Kier alpha value is -3.38. The number of benzene rings is 3. The molecule has 3 aromatic rings. The number of nitro groups is 1. The number of hydrogen-bond acceptors (Lipinski definition) is 4. The van der Waals surface area contributed by atoms with Crippen LogP contribution < -0.4 is 26.0 Å². The normalized spacial score (nSPS) is 13.9. The van der Waals surface area contributed by atoms with Gasteiger partial charge in [-0.15, -0.1) is 0 Å². The van der Waals surface area contributed by atoms with Crippen molar-refractivity contribution in [2.24, 2.45) is 5.41 Å². The van der Waals surface area contributed by atoms with Gasteiger partial charge < -0.3 is 15.4 Å². The molecule has 0 fully saturated rings. The van der Waals surface area contributed by atoms with Gasteiger partial charge in [0, 0.05) is 29.3 Å². The van der Waals surface area contributed by atoms with Crippen LogP contribution in [0.15, 0.2) is 78.9 Å². The van der Waals surface area contributed by atoms with Crippen molar-refractivity contribution in [3.63, 3.8) is 0 Å². The first-order valence-electron chi connectivity index (χ1n) is 11.2. The van der Waals surface area contributed by atoms with E-state index in [9.17, 15) is 14.9 Å². The van der Waals surface area contributed by atoms with Crippen LogP contribution in [-0.2, 0) is 0 Å². The van der Waals surface area contributed by atoms with Gasteiger partial charge in [-0.25, -0.2) is 4.79 Å². The maximum absolute atomic E-state index is 13.0. The molecule has 2 N–H and O–H groups in total. The van der Waals surface area contributed by atoms with Crippen LogP contribution in [0.25, 0.3) is 0 Å². The van der Waals surface area contributed by atoms with Crippen molar-refractivity contribution in [3.8, 4) is 5.75 Å². The molecule has 0 aliphatic rings. The molecule has 7 nitrogen and oxygen atoms in total. The number of carbonyl (C=O) groups is 1. The lowest BCUT2D eigenvalue weighted by atomic mass is 9.88. The highest BCUT2D eigenvalue weighted by molar-refractivity contribution is 8.08. The number of rotatable bonds is 8. The Morgan fingerprint density at radius 2 is 1.63 bits per heavy atom. The minimum Gasteiger partial charge on any atom is -0.493 e. The van der Waals surface area contributed by atoms with Gasteiger partial charge in [-0.2, -0.15) is 7.14 Å². The Bertz CT molecular complexity index is 1170. The van der Waals surface area contributed by atoms with Crippen molar-refractivity contribution in [2.75, 3.05) is 18.6 Å². The Balaban J connectivity index is 1.92. The summed E-state index contributed by atoms with van der Waals surface area (Å²) >= 11 is 0. The van der Waals surface area contributed by atoms with Gasteiger partial charge in [0.1, 0.15) is 0 Å². The fraction of sp³-hybridized carbons (Fsp3) is 0.269. The van der Waals surface area contributed by atoms with Crippen LogP contribution in [0.1, 0.15) is 20.8 Å². The highest BCUT2D eigenvalue weighted by Gasteiger charge is 2.37. The second-order valence-corrected chi connectivity index (χ2v) is 12.5. The van der Waals surface area contributed by atoms with Crippen molar-refractivity contribution in [3.05, 3.63) is 89.0 Å². The lowest BCUT2D eigenvalue weighted by Crippen LogP contribution is -2.50. The second-order valence-electron chi connectivity index (χ2n) is 9.38. The molecular weight excluding hydrogens is 460 g/mol. The molecule has 2 amide bonds. The molecule has 1 unspecified atom stereocenters. The summed E-state index contributed by atoms with van der Waals surface area (Å²) in [5.74, 6) is 0.718. The van der Waals surface area contributed by atoms with Crippen LogP contribution >= 0.6 is 7.14 Å². The minimum atomic E-state index is -2.48. The smallest absolute Gasteiger partial charge is 0.319 e. The van der Waals surface area contributed by atoms with Crippen molar-refractivity contribution in [2.45, 2.75) is 26.8 Å². The molecule has 0 heterocycles. The van der Waals surface area contributed by atoms with E-state index in [-0.39, 0.29) is 17.1 Å². The first kappa shape index (κ1) is 26.2. The zero-order valence-corrected chi connectivity index (χ0v) is 21.3. The van der Waals surface area contributed by atoms with Crippen molar-refractivity contribution in [1.82, 2.24) is 5.32 Å². The lowest BCUT2D eigenvalue weighted by molar-refractivity contribution is -0.384. The van der Waals surface area contributed by atoms with Crippen LogP contribution in [-0.4, -0.2) is 37.8 Å². The summed E-state index contributed by atoms with van der Waals surface area (Å²) in [7, 11) is 6.43. The summed E-state index contributed by atoms with van der Waals surface area (Å²) in [4.78, 5) is 23.4. The average Bonchev–Trinajstić information content (AvgIpc) is 2.83. The zero-order chi connectivity index (χ0) is 25.6. The van der Waals surface area contributed by atoms with Gasteiger partial charge in [0.25, 0.3) is 5.69 Å². The Morgan fingerprint density at radius 3 is 2.20 bits per heavy atom. The summed E-state index contributed by atoms with van der Waals surface area (Å²) in [6, 6.07) is 22.7. The quantitative estimate of drug-likeness (QED) is 0.204. The molecule has 2 atom stereocenters. The van der Waals surface area contributed by atoms with Crippen LogP contribution in [0.4, 0.5) is 16.2 Å². The summed E-state index contributed by atoms with van der Waals surface area (Å²) < 4.78 is 5.67. The van der Waals surface area contributed by atoms with Crippen molar-refractivity contribution < 1.29 is 14.5 Å². The number of amides is 2. The van der Waals surface area contributed by atoms with Gasteiger partial charge in [-0.3, -0.25) is 17.7 Å². The Labute approximate surface area is 208 Å². The molecular formula is C26H30BN3O4P. The van der Waals surface area contributed by atoms with Gasteiger partial charge in [-0.05, 0) is 41.8 Å². The van der Waals surface area contributed by atoms with Crippen LogP contribution in [0.5, 0.6) is 5.75 Å². The van der Waals surface area contributed by atoms with Crippen LogP contribution in [0, 0.1) is 15.5 Å². The topological polar surface area (TPSA) is 93.5 Å². The van der Waals surface area contributed by atoms with E-state index in [1.807, 2.05) is 54.6 Å². The fourth-order valence-electron chi connectivity index (χ4n) is 3.81. The highest BCUT2D eigenvalue weighted by atomic mass is 31.2. The number of nitro benzene ring substituents is 1. The SMILES string of the molecule is [B-][P+](C[C@@H](NC(=O)Nc1ccc([N+](=O)[O-])cc1)C(C)(C)C)(c1ccccc1)c1ccccc1OC. The summed E-state index contributed by atoms with van der Waals surface area (Å²) in [6.45, 7) is 6.17. The molecule has 0 bridgehead atoms. The van der Waals surface area contributed by atoms with E-state index in [0.29, 0.717) is 11.8 Å². The number of methoxy groups -OCH3 is 1. The summed E-state index contributed by atoms with van der Waals surface area (Å²) in [6.07, 6.45) is 0.509. The molecule has 35 heavy (non-hydrogen) atoms. The second kappa shape index (κ2) is 10.9.